The fourth-order valence-electron chi connectivity index (χ4n) is 2.01. The average molecular weight is 365 g/mol. The van der Waals surface area contributed by atoms with Crippen LogP contribution in [0, 0.1) is 5.92 Å². The maximum Gasteiger partial charge on any atom is 0.232 e. The van der Waals surface area contributed by atoms with Crippen LogP contribution >= 0.6 is 31.9 Å². The van der Waals surface area contributed by atoms with Gasteiger partial charge >= 0.3 is 0 Å². The van der Waals surface area contributed by atoms with Crippen LogP contribution in [-0.2, 0) is 0 Å². The largest absolute Gasteiger partial charge is 0.480 e. The first-order valence-electron chi connectivity index (χ1n) is 5.62. The molecule has 1 aliphatic heterocycles. The van der Waals surface area contributed by atoms with Crippen molar-refractivity contribution in [3.63, 3.8) is 0 Å². The molecule has 0 bridgehead atoms. The van der Waals surface area contributed by atoms with E-state index in [2.05, 4.69) is 46.7 Å². The topological polar surface area (TPSA) is 38.2 Å². The number of rotatable bonds is 3. The number of halogens is 2. The van der Waals surface area contributed by atoms with Gasteiger partial charge in [-0.1, -0.05) is 15.9 Å². The third kappa shape index (κ3) is 3.10. The van der Waals surface area contributed by atoms with Gasteiger partial charge in [0.25, 0.3) is 0 Å². The molecule has 1 fully saturated rings. The molecule has 0 aromatic carbocycles. The Kier molecular flexibility index (Phi) is 4.62. The van der Waals surface area contributed by atoms with E-state index in [-0.39, 0.29) is 0 Å². The van der Waals surface area contributed by atoms with Gasteiger partial charge in [0.1, 0.15) is 0 Å². The Balaban J connectivity index is 2.16. The number of aromatic nitrogens is 2. The second-order valence-corrected chi connectivity index (χ2v) is 5.64. The summed E-state index contributed by atoms with van der Waals surface area (Å²) in [6.07, 6.45) is 4.21. The first kappa shape index (κ1) is 13.1. The number of nitrogens with zero attached hydrogens (tertiary/aromatic N) is 3. The number of hydrogen-bond donors (Lipinski definition) is 0. The highest BCUT2D eigenvalue weighted by molar-refractivity contribution is 9.10. The molecule has 0 spiro atoms. The molecule has 0 amide bonds. The highest BCUT2D eigenvalue weighted by Crippen LogP contribution is 2.26. The van der Waals surface area contributed by atoms with E-state index in [0.717, 1.165) is 28.8 Å². The predicted octanol–water partition coefficient (Wildman–Crippen LogP) is 2.86. The summed E-state index contributed by atoms with van der Waals surface area (Å²) >= 11 is 6.92. The lowest BCUT2D eigenvalue weighted by Gasteiger charge is -2.31. The van der Waals surface area contributed by atoms with E-state index in [1.807, 2.05) is 0 Å². The van der Waals surface area contributed by atoms with Crippen LogP contribution < -0.4 is 9.64 Å². The standard InChI is InChI=1S/C11H15Br2N3O/c1-17-10-9(13)6-14-11(15-10)16-4-2-3-8(5-12)7-16/h6,8H,2-5,7H2,1H3. The molecule has 0 radical (unpaired) electrons. The lowest BCUT2D eigenvalue weighted by atomic mass is 10.0. The SMILES string of the molecule is COc1nc(N2CCCC(CBr)C2)ncc1Br. The number of alkyl halides is 1. The summed E-state index contributed by atoms with van der Waals surface area (Å²) in [5.41, 5.74) is 0. The summed E-state index contributed by atoms with van der Waals surface area (Å²) in [7, 11) is 1.62. The van der Waals surface area contributed by atoms with Crippen molar-refractivity contribution in [3.05, 3.63) is 10.7 Å². The Labute approximate surface area is 118 Å². The molecular weight excluding hydrogens is 350 g/mol. The first-order chi connectivity index (χ1) is 8.24. The van der Waals surface area contributed by atoms with E-state index in [9.17, 15) is 0 Å². The van der Waals surface area contributed by atoms with Gasteiger partial charge in [-0.15, -0.1) is 0 Å². The minimum atomic E-state index is 0.593. The van der Waals surface area contributed by atoms with Crippen molar-refractivity contribution in [2.75, 3.05) is 30.4 Å². The van der Waals surface area contributed by atoms with Gasteiger partial charge in [-0.2, -0.15) is 4.98 Å². The minimum Gasteiger partial charge on any atom is -0.480 e. The molecule has 6 heteroatoms. The molecule has 0 aliphatic carbocycles. The molecule has 1 unspecified atom stereocenters. The van der Waals surface area contributed by atoms with Crippen molar-refractivity contribution in [1.29, 1.82) is 0 Å². The summed E-state index contributed by atoms with van der Waals surface area (Å²) in [6, 6.07) is 0. The molecule has 2 rings (SSSR count). The highest BCUT2D eigenvalue weighted by atomic mass is 79.9. The van der Waals surface area contributed by atoms with Gasteiger partial charge in [-0.25, -0.2) is 4.98 Å². The second kappa shape index (κ2) is 6.00. The predicted molar refractivity (Wildman–Crippen MR) is 75.0 cm³/mol. The molecular formula is C11H15Br2N3O. The van der Waals surface area contributed by atoms with Gasteiger partial charge in [-0.05, 0) is 34.7 Å². The van der Waals surface area contributed by atoms with Crippen LogP contribution in [0.3, 0.4) is 0 Å². The quantitative estimate of drug-likeness (QED) is 0.773. The van der Waals surface area contributed by atoms with Gasteiger partial charge in [0, 0.05) is 18.4 Å². The number of piperidine rings is 1. The van der Waals surface area contributed by atoms with Crippen LogP contribution in [0.25, 0.3) is 0 Å². The summed E-state index contributed by atoms with van der Waals surface area (Å²) < 4.78 is 5.99. The number of ether oxygens (including phenoxy) is 1. The molecule has 0 N–H and O–H groups in total. The Morgan fingerprint density at radius 2 is 2.41 bits per heavy atom. The fraction of sp³-hybridized carbons (Fsp3) is 0.636. The summed E-state index contributed by atoms with van der Waals surface area (Å²) in [6.45, 7) is 2.03. The van der Waals surface area contributed by atoms with Gasteiger partial charge in [0.05, 0.1) is 17.8 Å². The number of anilines is 1. The monoisotopic (exact) mass is 363 g/mol. The number of methoxy groups -OCH3 is 1. The molecule has 17 heavy (non-hydrogen) atoms. The zero-order chi connectivity index (χ0) is 12.3. The first-order valence-corrected chi connectivity index (χ1v) is 7.53. The molecule has 94 valence electrons. The Bertz CT molecular complexity index is 389. The van der Waals surface area contributed by atoms with Crippen molar-refractivity contribution in [2.45, 2.75) is 12.8 Å². The van der Waals surface area contributed by atoms with Crippen LogP contribution in [0.4, 0.5) is 5.95 Å². The van der Waals surface area contributed by atoms with Gasteiger partial charge in [-0.3, -0.25) is 0 Å². The van der Waals surface area contributed by atoms with Crippen LogP contribution in [-0.4, -0.2) is 35.5 Å². The van der Waals surface area contributed by atoms with Crippen LogP contribution in [0.1, 0.15) is 12.8 Å². The van der Waals surface area contributed by atoms with Gasteiger partial charge in [0.2, 0.25) is 11.8 Å². The average Bonchev–Trinajstić information content (AvgIpc) is 2.39. The molecule has 1 aromatic heterocycles. The molecule has 4 nitrogen and oxygen atoms in total. The van der Waals surface area contributed by atoms with E-state index in [1.54, 1.807) is 13.3 Å². The van der Waals surface area contributed by atoms with Crippen LogP contribution in [0.15, 0.2) is 10.7 Å². The van der Waals surface area contributed by atoms with E-state index in [1.165, 1.54) is 12.8 Å². The van der Waals surface area contributed by atoms with Crippen LogP contribution in [0.5, 0.6) is 5.88 Å². The lowest BCUT2D eigenvalue weighted by molar-refractivity contribution is 0.391. The Morgan fingerprint density at radius 3 is 3.12 bits per heavy atom. The van der Waals surface area contributed by atoms with E-state index >= 15 is 0 Å². The van der Waals surface area contributed by atoms with Crippen molar-refractivity contribution in [1.82, 2.24) is 9.97 Å². The summed E-state index contributed by atoms with van der Waals surface area (Å²) in [4.78, 5) is 11.0. The summed E-state index contributed by atoms with van der Waals surface area (Å²) in [5.74, 6) is 2.04. The third-order valence-electron chi connectivity index (χ3n) is 2.91. The third-order valence-corrected chi connectivity index (χ3v) is 4.37. The maximum atomic E-state index is 5.20. The fourth-order valence-corrected chi connectivity index (χ4v) is 2.89. The van der Waals surface area contributed by atoms with Crippen molar-refractivity contribution >= 4 is 37.8 Å². The highest BCUT2D eigenvalue weighted by Gasteiger charge is 2.21. The lowest BCUT2D eigenvalue weighted by Crippen LogP contribution is -2.37. The molecule has 2 heterocycles. The smallest absolute Gasteiger partial charge is 0.232 e. The zero-order valence-corrected chi connectivity index (χ0v) is 12.9. The Morgan fingerprint density at radius 1 is 1.59 bits per heavy atom. The molecule has 1 saturated heterocycles. The van der Waals surface area contributed by atoms with Crippen molar-refractivity contribution < 1.29 is 4.74 Å². The zero-order valence-electron chi connectivity index (χ0n) is 9.70. The Hall–Kier alpha value is -0.360. The minimum absolute atomic E-state index is 0.593. The van der Waals surface area contributed by atoms with E-state index < -0.39 is 0 Å². The number of hydrogen-bond acceptors (Lipinski definition) is 4. The summed E-state index contributed by atoms with van der Waals surface area (Å²) in [5, 5.41) is 1.04. The molecule has 1 aromatic rings. The van der Waals surface area contributed by atoms with Crippen LogP contribution in [0.2, 0.25) is 0 Å². The second-order valence-electron chi connectivity index (χ2n) is 4.14. The molecule has 0 saturated carbocycles. The van der Waals surface area contributed by atoms with Crippen molar-refractivity contribution in [2.24, 2.45) is 5.92 Å². The molecule has 1 aliphatic rings. The van der Waals surface area contributed by atoms with E-state index in [4.69, 9.17) is 4.74 Å². The normalized spacial score (nSPS) is 20.4. The van der Waals surface area contributed by atoms with Crippen molar-refractivity contribution in [3.8, 4) is 5.88 Å². The maximum absolute atomic E-state index is 5.20. The van der Waals surface area contributed by atoms with Gasteiger partial charge in [0.15, 0.2) is 0 Å². The molecule has 1 atom stereocenters. The van der Waals surface area contributed by atoms with Gasteiger partial charge < -0.3 is 9.64 Å². The van der Waals surface area contributed by atoms with E-state index in [0.29, 0.717) is 11.8 Å².